The molecule has 2 heterocycles. The van der Waals surface area contributed by atoms with E-state index in [0.717, 1.165) is 27.5 Å². The first-order chi connectivity index (χ1) is 24.9. The van der Waals surface area contributed by atoms with Crippen molar-refractivity contribution >= 4 is 34.4 Å². The Hall–Kier alpha value is -6.49. The molecule has 2 unspecified atom stereocenters. The first-order valence-corrected chi connectivity index (χ1v) is 16.6. The fourth-order valence-corrected chi connectivity index (χ4v) is 5.80. The van der Waals surface area contributed by atoms with Crippen LogP contribution in [0.4, 0.5) is 10.5 Å². The largest absolute Gasteiger partial charge is 0.490 e. The van der Waals surface area contributed by atoms with E-state index in [4.69, 9.17) is 18.7 Å². The average Bonchev–Trinajstić information content (AvgIpc) is 3.82. The molecule has 256 valence electrons. The van der Waals surface area contributed by atoms with Gasteiger partial charge in [-0.15, -0.1) is 0 Å². The number of carbonyl (C=O) groups excluding carboxylic acids is 3. The highest BCUT2D eigenvalue weighted by Gasteiger charge is 2.33. The number of hydrogen-bond acceptors (Lipinski definition) is 9. The van der Waals surface area contributed by atoms with Gasteiger partial charge in [-0.05, 0) is 83.9 Å². The third-order valence-electron chi connectivity index (χ3n) is 8.45. The predicted octanol–water partition coefficient (Wildman–Crippen LogP) is 6.87. The molecule has 7 rings (SSSR count). The molecule has 1 fully saturated rings. The summed E-state index contributed by atoms with van der Waals surface area (Å²) >= 11 is 0. The number of amides is 2. The van der Waals surface area contributed by atoms with Gasteiger partial charge in [0, 0.05) is 28.8 Å². The van der Waals surface area contributed by atoms with Gasteiger partial charge in [0.05, 0.1) is 13.2 Å². The van der Waals surface area contributed by atoms with Gasteiger partial charge in [-0.25, -0.2) is 9.59 Å². The number of cyclic esters (lactones) is 1. The SMILES string of the molecule is CCOC(=O)C(Cc1ccc(OCC2CN(c3ccc(-c4noc(-c5ccccc5)n4)cc3)C(=O)O2)cc1)NC(=O)c1ccc2ccccc2c1. The molecular weight excluding hydrogens is 648 g/mol. The topological polar surface area (TPSA) is 133 Å². The van der Waals surface area contributed by atoms with Crippen molar-refractivity contribution in [3.63, 3.8) is 0 Å². The minimum Gasteiger partial charge on any atom is -0.490 e. The molecule has 11 nitrogen and oxygen atoms in total. The van der Waals surface area contributed by atoms with Crippen LogP contribution in [-0.4, -0.2) is 60.0 Å². The van der Waals surface area contributed by atoms with Crippen molar-refractivity contribution in [3.05, 3.63) is 132 Å². The van der Waals surface area contributed by atoms with Gasteiger partial charge in [0.25, 0.3) is 11.8 Å². The number of ether oxygens (including phenoxy) is 3. The summed E-state index contributed by atoms with van der Waals surface area (Å²) in [6.45, 7) is 2.38. The number of aromatic nitrogens is 2. The molecule has 0 saturated carbocycles. The Bertz CT molecular complexity index is 2150. The van der Waals surface area contributed by atoms with Gasteiger partial charge < -0.3 is 24.1 Å². The summed E-state index contributed by atoms with van der Waals surface area (Å²) in [6, 6.07) is 36.3. The number of benzene rings is 5. The summed E-state index contributed by atoms with van der Waals surface area (Å²) < 4.78 is 22.2. The van der Waals surface area contributed by atoms with E-state index in [1.54, 1.807) is 36.1 Å². The average molecular weight is 683 g/mol. The first-order valence-electron chi connectivity index (χ1n) is 16.6. The standard InChI is InChI=1S/C40H34N4O7/c1-2-48-39(46)35(41-37(45)31-15-14-27-8-6-7-11-30(27)23-31)22-26-12-20-33(21-13-26)49-25-34-24-44(40(47)50-34)32-18-16-28(17-19-32)36-42-38(51-43-36)29-9-4-3-5-10-29/h3-21,23,34-35H,2,22,24-25H2,1H3,(H,41,45). The van der Waals surface area contributed by atoms with Crippen LogP contribution < -0.4 is 15.0 Å². The van der Waals surface area contributed by atoms with Gasteiger partial charge in [-0.1, -0.05) is 65.8 Å². The van der Waals surface area contributed by atoms with Crippen LogP contribution in [0.2, 0.25) is 0 Å². The molecule has 11 heteroatoms. The molecule has 0 bridgehead atoms. The fraction of sp³-hybridized carbons (Fsp3) is 0.175. The Morgan fingerprint density at radius 1 is 0.882 bits per heavy atom. The van der Waals surface area contributed by atoms with E-state index in [0.29, 0.717) is 35.3 Å². The minimum absolute atomic E-state index is 0.151. The van der Waals surface area contributed by atoms with Gasteiger partial charge in [0.1, 0.15) is 18.4 Å². The lowest BCUT2D eigenvalue weighted by Gasteiger charge is -2.18. The second kappa shape index (κ2) is 15.0. The zero-order valence-corrected chi connectivity index (χ0v) is 27.7. The summed E-state index contributed by atoms with van der Waals surface area (Å²) in [7, 11) is 0. The van der Waals surface area contributed by atoms with Gasteiger partial charge >= 0.3 is 12.1 Å². The van der Waals surface area contributed by atoms with E-state index < -0.39 is 24.2 Å². The van der Waals surface area contributed by atoms with Crippen LogP contribution in [0.1, 0.15) is 22.8 Å². The van der Waals surface area contributed by atoms with E-state index in [-0.39, 0.29) is 25.5 Å². The zero-order valence-electron chi connectivity index (χ0n) is 27.7. The molecule has 1 aromatic heterocycles. The van der Waals surface area contributed by atoms with Crippen molar-refractivity contribution in [2.75, 3.05) is 24.7 Å². The maximum atomic E-state index is 13.1. The van der Waals surface area contributed by atoms with E-state index in [1.807, 2.05) is 97.1 Å². The normalized spacial score (nSPS) is 14.6. The van der Waals surface area contributed by atoms with Gasteiger partial charge in [0.2, 0.25) is 5.82 Å². The number of fused-ring (bicyclic) bond motifs is 1. The van der Waals surface area contributed by atoms with Crippen molar-refractivity contribution in [3.8, 4) is 28.6 Å². The number of esters is 1. The van der Waals surface area contributed by atoms with Crippen LogP contribution in [0.3, 0.4) is 0 Å². The Balaban J connectivity index is 0.929. The minimum atomic E-state index is -0.882. The Morgan fingerprint density at radius 3 is 2.39 bits per heavy atom. The third kappa shape index (κ3) is 7.73. The molecule has 2 amide bonds. The Labute approximate surface area is 293 Å². The lowest BCUT2D eigenvalue weighted by molar-refractivity contribution is -0.145. The lowest BCUT2D eigenvalue weighted by atomic mass is 10.0. The van der Waals surface area contributed by atoms with Crippen molar-refractivity contribution < 1.29 is 33.1 Å². The molecule has 2 atom stereocenters. The smallest absolute Gasteiger partial charge is 0.414 e. The van der Waals surface area contributed by atoms with Gasteiger partial charge in [-0.3, -0.25) is 9.69 Å². The summed E-state index contributed by atoms with van der Waals surface area (Å²) in [4.78, 5) is 44.7. The van der Waals surface area contributed by atoms with Crippen LogP contribution in [0, 0.1) is 0 Å². The lowest BCUT2D eigenvalue weighted by Crippen LogP contribution is -2.43. The highest BCUT2D eigenvalue weighted by molar-refractivity contribution is 6.00. The number of hydrogen-bond donors (Lipinski definition) is 1. The quantitative estimate of drug-likeness (QED) is 0.137. The molecule has 0 spiro atoms. The monoisotopic (exact) mass is 682 g/mol. The molecule has 1 aliphatic rings. The Kier molecular flexibility index (Phi) is 9.68. The van der Waals surface area contributed by atoms with Crippen LogP contribution in [0.15, 0.2) is 126 Å². The fourth-order valence-electron chi connectivity index (χ4n) is 5.80. The van der Waals surface area contributed by atoms with E-state index in [2.05, 4.69) is 15.5 Å². The van der Waals surface area contributed by atoms with Gasteiger partial charge in [-0.2, -0.15) is 4.98 Å². The van der Waals surface area contributed by atoms with Crippen molar-refractivity contribution in [2.24, 2.45) is 0 Å². The second-order valence-electron chi connectivity index (χ2n) is 12.0. The maximum Gasteiger partial charge on any atom is 0.414 e. The molecule has 0 radical (unpaired) electrons. The van der Waals surface area contributed by atoms with Crippen LogP contribution in [-0.2, 0) is 20.7 Å². The number of nitrogens with one attached hydrogen (secondary N) is 1. The van der Waals surface area contributed by atoms with Crippen molar-refractivity contribution in [1.82, 2.24) is 15.5 Å². The molecule has 0 aliphatic carbocycles. The number of carbonyl (C=O) groups is 3. The summed E-state index contributed by atoms with van der Waals surface area (Å²) in [6.07, 6.45) is -0.720. The molecule has 5 aromatic carbocycles. The number of rotatable bonds is 12. The van der Waals surface area contributed by atoms with E-state index in [9.17, 15) is 14.4 Å². The highest BCUT2D eigenvalue weighted by Crippen LogP contribution is 2.27. The van der Waals surface area contributed by atoms with Crippen LogP contribution >= 0.6 is 0 Å². The predicted molar refractivity (Wildman–Crippen MR) is 190 cm³/mol. The molecular formula is C40H34N4O7. The van der Waals surface area contributed by atoms with E-state index in [1.165, 1.54) is 0 Å². The van der Waals surface area contributed by atoms with E-state index >= 15 is 0 Å². The Morgan fingerprint density at radius 2 is 1.63 bits per heavy atom. The highest BCUT2D eigenvalue weighted by atomic mass is 16.6. The molecule has 1 saturated heterocycles. The number of nitrogens with zero attached hydrogens (tertiary/aromatic N) is 3. The van der Waals surface area contributed by atoms with Crippen LogP contribution in [0.25, 0.3) is 33.6 Å². The summed E-state index contributed by atoms with van der Waals surface area (Å²) in [5.41, 5.74) is 3.51. The second-order valence-corrected chi connectivity index (χ2v) is 12.0. The molecule has 6 aromatic rings. The zero-order chi connectivity index (χ0) is 35.2. The molecule has 1 aliphatic heterocycles. The summed E-state index contributed by atoms with van der Waals surface area (Å²) in [5.74, 6) is 0.572. The molecule has 1 N–H and O–H groups in total. The number of anilines is 1. The van der Waals surface area contributed by atoms with Crippen LogP contribution in [0.5, 0.6) is 5.75 Å². The van der Waals surface area contributed by atoms with Crippen molar-refractivity contribution in [1.29, 1.82) is 0 Å². The maximum absolute atomic E-state index is 13.1. The van der Waals surface area contributed by atoms with Gasteiger partial charge in [0.15, 0.2) is 6.10 Å². The summed E-state index contributed by atoms with van der Waals surface area (Å²) in [5, 5.41) is 8.88. The van der Waals surface area contributed by atoms with Crippen molar-refractivity contribution in [2.45, 2.75) is 25.5 Å². The molecule has 51 heavy (non-hydrogen) atoms. The third-order valence-corrected chi connectivity index (χ3v) is 8.45. The first kappa shape index (κ1) is 33.0.